The Hall–Kier alpha value is 0.960. The van der Waals surface area contributed by atoms with Crippen molar-refractivity contribution in [1.82, 2.24) is 0 Å². The van der Waals surface area contributed by atoms with E-state index in [-0.39, 0.29) is 0 Å². The van der Waals surface area contributed by atoms with E-state index >= 15 is 0 Å². The Bertz CT molecular complexity index is 99.7. The fraction of sp³-hybridized carbons (Fsp3) is 0.500. The van der Waals surface area contributed by atoms with Gasteiger partial charge in [0.25, 0.3) is 0 Å². The van der Waals surface area contributed by atoms with Gasteiger partial charge in [0.15, 0.2) is 0 Å². The van der Waals surface area contributed by atoms with Crippen LogP contribution in [-0.4, -0.2) is 23.0 Å². The Labute approximate surface area is 47.8 Å². The van der Waals surface area contributed by atoms with Crippen LogP contribution in [0.5, 0.6) is 0 Å². The van der Waals surface area contributed by atoms with Crippen LogP contribution in [-0.2, 0) is 0 Å². The van der Waals surface area contributed by atoms with Crippen molar-refractivity contribution in [3.63, 3.8) is 0 Å². The van der Waals surface area contributed by atoms with Crippen molar-refractivity contribution in [2.24, 2.45) is 0 Å². The van der Waals surface area contributed by atoms with Crippen molar-refractivity contribution in [3.05, 3.63) is 12.2 Å². The van der Waals surface area contributed by atoms with E-state index in [0.29, 0.717) is 0 Å². The Balaban J connectivity index is 2.26. The third kappa shape index (κ3) is 0.463. The Morgan fingerprint density at radius 2 is 2.83 bits per heavy atom. The molecule has 2 rings (SSSR count). The molecule has 0 aromatic rings. The molecule has 2 aliphatic rings. The number of rotatable bonds is 0. The molecule has 0 spiro atoms. The topological polar surface area (TPSA) is 0 Å². The molecular formula is C4H5InS. The van der Waals surface area contributed by atoms with Crippen molar-refractivity contribution >= 4 is 28.6 Å². The van der Waals surface area contributed by atoms with Crippen LogP contribution in [0.2, 0.25) is 4.18 Å². The van der Waals surface area contributed by atoms with Crippen LogP contribution in [0.3, 0.4) is 0 Å². The minimum atomic E-state index is -0.638. The first-order valence-corrected chi connectivity index (χ1v) is 11.5. The Kier molecular flexibility index (Phi) is 0.794. The van der Waals surface area contributed by atoms with Gasteiger partial charge in [0.05, 0.1) is 0 Å². The summed E-state index contributed by atoms with van der Waals surface area (Å²) in [6.07, 6.45) is 4.79. The molecule has 1 unspecified atom stereocenters. The van der Waals surface area contributed by atoms with Crippen LogP contribution in [0.25, 0.3) is 0 Å². The van der Waals surface area contributed by atoms with Crippen LogP contribution < -0.4 is 0 Å². The van der Waals surface area contributed by atoms with E-state index in [1.165, 1.54) is 0 Å². The predicted molar refractivity (Wildman–Crippen MR) is 31.1 cm³/mol. The third-order valence-corrected chi connectivity index (χ3v) is 15.6. The average Bonchev–Trinajstić information content (AvgIpc) is 2.17. The first-order valence-electron chi connectivity index (χ1n) is 2.29. The third-order valence-electron chi connectivity index (χ3n) is 1.32. The van der Waals surface area contributed by atoms with Crippen LogP contribution in [0, 0.1) is 0 Å². The summed E-state index contributed by atoms with van der Waals surface area (Å²) in [7, 11) is 2.30. The minimum absolute atomic E-state index is 0.638. The molecule has 1 atom stereocenters. The van der Waals surface area contributed by atoms with Gasteiger partial charge in [0, 0.05) is 0 Å². The zero-order valence-electron chi connectivity index (χ0n) is 3.42. The standard InChI is InChI=1S/C4H5S.In/c1-2-3-4-5;/h2-4H,1H2;/q-1;+1. The fourth-order valence-electron chi connectivity index (χ4n) is 0.862. The van der Waals surface area contributed by atoms with Crippen LogP contribution in [0.15, 0.2) is 12.2 Å². The first-order chi connectivity index (χ1) is 2.97. The molecule has 1 saturated heterocycles. The summed E-state index contributed by atoms with van der Waals surface area (Å²) < 4.78 is 2.71. The molecule has 1 fully saturated rings. The maximum absolute atomic E-state index is 2.41. The van der Waals surface area contributed by atoms with E-state index in [1.807, 2.05) is 0 Å². The van der Waals surface area contributed by atoms with Crippen LogP contribution >= 0.6 is 8.59 Å². The summed E-state index contributed by atoms with van der Waals surface area (Å²) in [5.41, 5.74) is 0. The van der Waals surface area contributed by atoms with Gasteiger partial charge < -0.3 is 0 Å². The summed E-state index contributed by atoms with van der Waals surface area (Å²) in [5.74, 6) is 0. The molecule has 0 N–H and O–H groups in total. The first kappa shape index (κ1) is 3.90. The summed E-state index contributed by atoms with van der Waals surface area (Å²) in [6.45, 7) is 0. The van der Waals surface area contributed by atoms with Crippen LogP contribution in [0.1, 0.15) is 0 Å². The van der Waals surface area contributed by atoms with Crippen molar-refractivity contribution < 1.29 is 0 Å². The summed E-state index contributed by atoms with van der Waals surface area (Å²) in [5, 5.41) is 0. The van der Waals surface area contributed by atoms with Crippen molar-refractivity contribution in [2.75, 3.05) is 0 Å². The normalized spacial score (nSPS) is 37.3. The molecule has 0 saturated carbocycles. The van der Waals surface area contributed by atoms with Gasteiger partial charge in [-0.3, -0.25) is 0 Å². The predicted octanol–water partition coefficient (Wildman–Crippen LogP) is 1.20. The molecule has 0 amide bonds. The van der Waals surface area contributed by atoms with E-state index < -0.39 is 20.0 Å². The number of hydrogen-bond donors (Lipinski definition) is 0. The van der Waals surface area contributed by atoms with E-state index in [9.17, 15) is 0 Å². The molecule has 6 heavy (non-hydrogen) atoms. The average molecular weight is 200 g/mol. The molecule has 0 aliphatic carbocycles. The van der Waals surface area contributed by atoms with Crippen molar-refractivity contribution in [1.29, 1.82) is 0 Å². The van der Waals surface area contributed by atoms with E-state index in [4.69, 9.17) is 0 Å². The van der Waals surface area contributed by atoms with Gasteiger partial charge in [-0.05, 0) is 0 Å². The molecule has 2 heteroatoms. The van der Waals surface area contributed by atoms with Gasteiger partial charge in [0.2, 0.25) is 0 Å². The Morgan fingerprint density at radius 1 is 1.83 bits per heavy atom. The number of hydrogen-bond acceptors (Lipinski definition) is 1. The van der Waals surface area contributed by atoms with Gasteiger partial charge in [-0.15, -0.1) is 0 Å². The monoisotopic (exact) mass is 200 g/mol. The van der Waals surface area contributed by atoms with Crippen molar-refractivity contribution in [3.8, 4) is 0 Å². The molecule has 0 bridgehead atoms. The summed E-state index contributed by atoms with van der Waals surface area (Å²) in [4.78, 5) is 0. The van der Waals surface area contributed by atoms with Gasteiger partial charge >= 0.3 is 47.9 Å². The SMILES string of the molecule is C1=C[CH]2[S][In]2[CH2]1. The van der Waals surface area contributed by atoms with E-state index in [2.05, 4.69) is 20.7 Å². The van der Waals surface area contributed by atoms with Gasteiger partial charge in [-0.2, -0.15) is 0 Å². The fourth-order valence-corrected chi connectivity index (χ4v) is 17.5. The summed E-state index contributed by atoms with van der Waals surface area (Å²) >= 11 is -0.638. The van der Waals surface area contributed by atoms with Gasteiger partial charge in [0.1, 0.15) is 0 Å². The molecule has 0 nitrogen and oxygen atoms in total. The molecule has 0 aromatic heterocycles. The zero-order chi connectivity index (χ0) is 3.98. The molecule has 2 heterocycles. The molecular weight excluding hydrogens is 195 g/mol. The zero-order valence-corrected chi connectivity index (χ0v) is 7.54. The van der Waals surface area contributed by atoms with Gasteiger partial charge in [-0.1, -0.05) is 0 Å². The second-order valence-corrected chi connectivity index (χ2v) is 16.9. The van der Waals surface area contributed by atoms with Crippen LogP contribution in [0.4, 0.5) is 0 Å². The number of fused-ring (bicyclic) bond motifs is 1. The quantitative estimate of drug-likeness (QED) is 0.418. The second kappa shape index (κ2) is 1.22. The molecule has 30 valence electrons. The van der Waals surface area contributed by atoms with E-state index in [0.717, 1.165) is 3.01 Å². The van der Waals surface area contributed by atoms with E-state index in [1.54, 1.807) is 4.18 Å². The van der Waals surface area contributed by atoms with Crippen molar-refractivity contribution in [2.45, 2.75) is 7.18 Å². The number of allylic oxidation sites excluding steroid dienone is 1. The second-order valence-electron chi connectivity index (χ2n) is 1.80. The Morgan fingerprint density at radius 3 is 3.00 bits per heavy atom. The van der Waals surface area contributed by atoms with Gasteiger partial charge in [-0.25, -0.2) is 0 Å². The molecule has 2 aliphatic heterocycles. The molecule has 0 aromatic carbocycles. The maximum atomic E-state index is 2.41. The molecule has 0 radical (unpaired) electrons. The summed E-state index contributed by atoms with van der Waals surface area (Å²) in [6, 6.07) is 0.